The van der Waals surface area contributed by atoms with Gasteiger partial charge in [-0.2, -0.15) is 0 Å². The Morgan fingerprint density at radius 2 is 1.54 bits per heavy atom. The fourth-order valence-electron chi connectivity index (χ4n) is 3.82. The van der Waals surface area contributed by atoms with Crippen LogP contribution in [0.4, 0.5) is 10.7 Å². The molecule has 0 spiro atoms. The summed E-state index contributed by atoms with van der Waals surface area (Å²) in [6.45, 7) is 10.7. The molecule has 2 amide bonds. The molecule has 10 heteroatoms. The summed E-state index contributed by atoms with van der Waals surface area (Å²) in [6, 6.07) is 7.44. The molecule has 10 nitrogen and oxygen atoms in total. The molecule has 2 aromatic rings. The zero-order valence-corrected chi connectivity index (χ0v) is 20.6. The summed E-state index contributed by atoms with van der Waals surface area (Å²) in [5.41, 5.74) is 1.11. The number of carbonyl (C=O) groups excluding carboxylic acids is 2. The summed E-state index contributed by atoms with van der Waals surface area (Å²) in [6.07, 6.45) is 3.01. The maximum absolute atomic E-state index is 12.6. The van der Waals surface area contributed by atoms with Gasteiger partial charge in [-0.25, -0.2) is 14.8 Å². The van der Waals surface area contributed by atoms with Crippen LogP contribution in [0.3, 0.4) is 0 Å². The van der Waals surface area contributed by atoms with Gasteiger partial charge in [-0.1, -0.05) is 12.1 Å². The molecule has 4 rings (SSSR count). The van der Waals surface area contributed by atoms with Crippen molar-refractivity contribution in [2.75, 3.05) is 57.4 Å². The van der Waals surface area contributed by atoms with Crippen molar-refractivity contribution in [1.29, 1.82) is 0 Å². The molecule has 1 aromatic heterocycles. The average Bonchev–Trinajstić information content (AvgIpc) is 2.87. The highest BCUT2D eigenvalue weighted by Crippen LogP contribution is 2.18. The van der Waals surface area contributed by atoms with Crippen LogP contribution in [0, 0.1) is 0 Å². The molecule has 2 fully saturated rings. The van der Waals surface area contributed by atoms with E-state index < -0.39 is 5.60 Å². The van der Waals surface area contributed by atoms with Crippen LogP contribution in [0.2, 0.25) is 0 Å². The number of hydrogen-bond acceptors (Lipinski definition) is 8. The Kier molecular flexibility index (Phi) is 7.70. The number of morpholine rings is 1. The molecule has 1 aromatic carbocycles. The summed E-state index contributed by atoms with van der Waals surface area (Å²) in [4.78, 5) is 39.2. The first-order chi connectivity index (χ1) is 16.8. The smallest absolute Gasteiger partial charge is 0.410 e. The number of rotatable bonds is 5. The van der Waals surface area contributed by atoms with Crippen molar-refractivity contribution >= 4 is 17.9 Å². The lowest BCUT2D eigenvalue weighted by Crippen LogP contribution is -2.50. The van der Waals surface area contributed by atoms with E-state index in [1.165, 1.54) is 0 Å². The molecule has 0 bridgehead atoms. The molecule has 188 valence electrons. The predicted octanol–water partition coefficient (Wildman–Crippen LogP) is 2.59. The monoisotopic (exact) mass is 483 g/mol. The van der Waals surface area contributed by atoms with E-state index in [-0.39, 0.29) is 12.0 Å². The van der Waals surface area contributed by atoms with Gasteiger partial charge in [0.25, 0.3) is 5.91 Å². The van der Waals surface area contributed by atoms with Crippen LogP contribution in [0.1, 0.15) is 36.7 Å². The number of ether oxygens (including phenoxy) is 3. The Balaban J connectivity index is 1.24. The largest absolute Gasteiger partial charge is 0.486 e. The minimum absolute atomic E-state index is 0.0247. The zero-order chi connectivity index (χ0) is 24.8. The standard InChI is InChI=1S/C25H33N5O5/c1-25(2,3)35-24(32)30-10-8-29(9-11-30)23-26-16-21(17-27-23)34-18-19-4-6-20(7-5-19)22(31)28-12-14-33-15-13-28/h4-7,16-17H,8-15,18H2,1-3H3. The van der Waals surface area contributed by atoms with Crippen molar-refractivity contribution in [3.8, 4) is 5.75 Å². The van der Waals surface area contributed by atoms with Crippen molar-refractivity contribution in [2.24, 2.45) is 0 Å². The van der Waals surface area contributed by atoms with Gasteiger partial charge in [0.05, 0.1) is 25.6 Å². The number of aromatic nitrogens is 2. The van der Waals surface area contributed by atoms with E-state index in [0.717, 1.165) is 5.56 Å². The van der Waals surface area contributed by atoms with Gasteiger partial charge in [0.1, 0.15) is 12.2 Å². The van der Waals surface area contributed by atoms with E-state index >= 15 is 0 Å². The molecule has 0 N–H and O–H groups in total. The maximum atomic E-state index is 12.6. The van der Waals surface area contributed by atoms with E-state index in [2.05, 4.69) is 9.97 Å². The van der Waals surface area contributed by atoms with Gasteiger partial charge in [-0.3, -0.25) is 4.79 Å². The van der Waals surface area contributed by atoms with Crippen LogP contribution in [0.15, 0.2) is 36.7 Å². The number of carbonyl (C=O) groups is 2. The fraction of sp³-hybridized carbons (Fsp3) is 0.520. The summed E-state index contributed by atoms with van der Waals surface area (Å²) in [5, 5.41) is 0. The Morgan fingerprint density at radius 3 is 2.14 bits per heavy atom. The first kappa shape index (κ1) is 24.7. The van der Waals surface area contributed by atoms with Crippen LogP contribution in [0.25, 0.3) is 0 Å². The Morgan fingerprint density at radius 1 is 0.914 bits per heavy atom. The van der Waals surface area contributed by atoms with Gasteiger partial charge in [0, 0.05) is 44.8 Å². The normalized spacial score (nSPS) is 16.7. The third-order valence-corrected chi connectivity index (χ3v) is 5.73. The number of piperazine rings is 1. The van der Waals surface area contributed by atoms with Gasteiger partial charge in [-0.05, 0) is 38.5 Å². The van der Waals surface area contributed by atoms with Gasteiger partial charge >= 0.3 is 6.09 Å². The zero-order valence-electron chi connectivity index (χ0n) is 20.6. The van der Waals surface area contributed by atoms with Crippen LogP contribution in [-0.4, -0.2) is 89.9 Å². The van der Waals surface area contributed by atoms with Crippen LogP contribution in [-0.2, 0) is 16.1 Å². The Hall–Kier alpha value is -3.40. The minimum atomic E-state index is -0.504. The molecular weight excluding hydrogens is 450 g/mol. The van der Waals surface area contributed by atoms with Crippen molar-refractivity contribution in [3.05, 3.63) is 47.8 Å². The van der Waals surface area contributed by atoms with Crippen molar-refractivity contribution in [2.45, 2.75) is 33.0 Å². The fourth-order valence-corrected chi connectivity index (χ4v) is 3.82. The van der Waals surface area contributed by atoms with E-state index in [0.29, 0.717) is 76.4 Å². The highest BCUT2D eigenvalue weighted by atomic mass is 16.6. The number of benzene rings is 1. The van der Waals surface area contributed by atoms with Crippen LogP contribution < -0.4 is 9.64 Å². The lowest BCUT2D eigenvalue weighted by Gasteiger charge is -2.35. The average molecular weight is 484 g/mol. The second-order valence-electron chi connectivity index (χ2n) is 9.56. The number of hydrogen-bond donors (Lipinski definition) is 0. The van der Waals surface area contributed by atoms with Gasteiger partial charge in [-0.15, -0.1) is 0 Å². The van der Waals surface area contributed by atoms with Crippen molar-refractivity contribution in [1.82, 2.24) is 19.8 Å². The molecule has 0 atom stereocenters. The molecule has 3 heterocycles. The summed E-state index contributed by atoms with van der Waals surface area (Å²) < 4.78 is 16.6. The molecule has 2 aliphatic rings. The van der Waals surface area contributed by atoms with E-state index in [9.17, 15) is 9.59 Å². The first-order valence-electron chi connectivity index (χ1n) is 11.9. The molecule has 0 unspecified atom stereocenters. The third-order valence-electron chi connectivity index (χ3n) is 5.73. The number of amides is 2. The van der Waals surface area contributed by atoms with E-state index in [4.69, 9.17) is 14.2 Å². The van der Waals surface area contributed by atoms with Crippen LogP contribution in [0.5, 0.6) is 5.75 Å². The Labute approximate surface area is 205 Å². The van der Waals surface area contributed by atoms with Crippen molar-refractivity contribution < 1.29 is 23.8 Å². The summed E-state index contributed by atoms with van der Waals surface area (Å²) in [7, 11) is 0. The van der Waals surface area contributed by atoms with E-state index in [1.54, 1.807) is 17.3 Å². The van der Waals surface area contributed by atoms with Gasteiger partial charge < -0.3 is 28.9 Å². The molecule has 2 saturated heterocycles. The SMILES string of the molecule is CC(C)(C)OC(=O)N1CCN(c2ncc(OCc3ccc(C(=O)N4CCOCC4)cc3)cn2)CC1. The van der Waals surface area contributed by atoms with Crippen molar-refractivity contribution in [3.63, 3.8) is 0 Å². The van der Waals surface area contributed by atoms with Gasteiger partial charge in [0.2, 0.25) is 5.95 Å². The second-order valence-corrected chi connectivity index (χ2v) is 9.56. The first-order valence-corrected chi connectivity index (χ1v) is 11.9. The third kappa shape index (κ3) is 6.82. The molecule has 0 aliphatic carbocycles. The molecule has 0 radical (unpaired) electrons. The molecular formula is C25H33N5O5. The molecule has 2 aliphatic heterocycles. The highest BCUT2D eigenvalue weighted by Gasteiger charge is 2.26. The van der Waals surface area contributed by atoms with Crippen LogP contribution >= 0.6 is 0 Å². The van der Waals surface area contributed by atoms with E-state index in [1.807, 2.05) is 54.8 Å². The van der Waals surface area contributed by atoms with Gasteiger partial charge in [0.15, 0.2) is 5.75 Å². The lowest BCUT2D eigenvalue weighted by molar-refractivity contribution is 0.0239. The molecule has 0 saturated carbocycles. The lowest BCUT2D eigenvalue weighted by atomic mass is 10.1. The summed E-state index contributed by atoms with van der Waals surface area (Å²) in [5.74, 6) is 1.19. The Bertz CT molecular complexity index is 992. The highest BCUT2D eigenvalue weighted by molar-refractivity contribution is 5.94. The molecule has 35 heavy (non-hydrogen) atoms. The second kappa shape index (κ2) is 10.9. The topological polar surface area (TPSA) is 97.3 Å². The quantitative estimate of drug-likeness (QED) is 0.640. The predicted molar refractivity (Wildman–Crippen MR) is 130 cm³/mol. The minimum Gasteiger partial charge on any atom is -0.486 e. The summed E-state index contributed by atoms with van der Waals surface area (Å²) >= 11 is 0. The maximum Gasteiger partial charge on any atom is 0.410 e. The number of anilines is 1. The number of nitrogens with zero attached hydrogens (tertiary/aromatic N) is 5.